The molecule has 21 heavy (non-hydrogen) atoms. The highest BCUT2D eigenvalue weighted by atomic mass is 32.2. The molecule has 2 rings (SSSR count). The average Bonchev–Trinajstić information content (AvgIpc) is 2.46. The molecule has 1 fully saturated rings. The van der Waals surface area contributed by atoms with Gasteiger partial charge in [-0.2, -0.15) is 0 Å². The van der Waals surface area contributed by atoms with E-state index in [0.717, 1.165) is 19.6 Å². The second-order valence-electron chi connectivity index (χ2n) is 5.65. The molecule has 0 bridgehead atoms. The standard InChI is InChI=1S/C15H24N2O3S/c1-13-12-16(2)7-8-17(13)9-10-21(18,19)15-6-4-5-14(11-15)20-3/h4-6,11,13H,7-10,12H2,1-3H3/t13-/m0/s1. The Morgan fingerprint density at radius 1 is 1.33 bits per heavy atom. The van der Waals surface area contributed by atoms with Gasteiger partial charge in [-0.15, -0.1) is 0 Å². The van der Waals surface area contributed by atoms with Crippen molar-refractivity contribution in [2.45, 2.75) is 17.9 Å². The number of rotatable bonds is 5. The van der Waals surface area contributed by atoms with Gasteiger partial charge in [-0.3, -0.25) is 4.90 Å². The topological polar surface area (TPSA) is 49.9 Å². The molecular weight excluding hydrogens is 288 g/mol. The Balaban J connectivity index is 2.01. The number of hydrogen-bond acceptors (Lipinski definition) is 5. The van der Waals surface area contributed by atoms with E-state index in [1.807, 2.05) is 0 Å². The van der Waals surface area contributed by atoms with Gasteiger partial charge in [0.2, 0.25) is 0 Å². The maximum absolute atomic E-state index is 12.4. The number of nitrogens with zero attached hydrogens (tertiary/aromatic N) is 2. The highest BCUT2D eigenvalue weighted by molar-refractivity contribution is 7.91. The largest absolute Gasteiger partial charge is 0.497 e. The first-order valence-corrected chi connectivity index (χ1v) is 8.87. The minimum Gasteiger partial charge on any atom is -0.497 e. The Hall–Kier alpha value is -1.11. The molecule has 1 aliphatic rings. The first-order chi connectivity index (χ1) is 9.92. The number of hydrogen-bond donors (Lipinski definition) is 0. The highest BCUT2D eigenvalue weighted by Gasteiger charge is 2.24. The fraction of sp³-hybridized carbons (Fsp3) is 0.600. The lowest BCUT2D eigenvalue weighted by atomic mass is 10.2. The van der Waals surface area contributed by atoms with Crippen LogP contribution >= 0.6 is 0 Å². The summed E-state index contributed by atoms with van der Waals surface area (Å²) < 4.78 is 29.9. The zero-order chi connectivity index (χ0) is 15.5. The van der Waals surface area contributed by atoms with Crippen LogP contribution in [0.5, 0.6) is 5.75 Å². The van der Waals surface area contributed by atoms with E-state index < -0.39 is 9.84 Å². The van der Waals surface area contributed by atoms with Gasteiger partial charge < -0.3 is 9.64 Å². The second-order valence-corrected chi connectivity index (χ2v) is 7.75. The van der Waals surface area contributed by atoms with E-state index in [2.05, 4.69) is 23.8 Å². The van der Waals surface area contributed by atoms with Crippen molar-refractivity contribution in [3.05, 3.63) is 24.3 Å². The molecule has 1 saturated heterocycles. The molecule has 0 aliphatic carbocycles. The van der Waals surface area contributed by atoms with E-state index in [-0.39, 0.29) is 5.75 Å². The molecule has 0 radical (unpaired) electrons. The summed E-state index contributed by atoms with van der Waals surface area (Å²) in [5.74, 6) is 0.720. The molecule has 1 atom stereocenters. The lowest BCUT2D eigenvalue weighted by Gasteiger charge is -2.38. The number of likely N-dealkylation sites (N-methyl/N-ethyl adjacent to an activating group) is 1. The summed E-state index contributed by atoms with van der Waals surface area (Å²) in [6.07, 6.45) is 0. The van der Waals surface area contributed by atoms with Crippen molar-refractivity contribution in [1.82, 2.24) is 9.80 Å². The average molecular weight is 312 g/mol. The van der Waals surface area contributed by atoms with Crippen molar-refractivity contribution >= 4 is 9.84 Å². The molecule has 0 spiro atoms. The Bertz CT molecular complexity index is 574. The van der Waals surface area contributed by atoms with Gasteiger partial charge in [0.15, 0.2) is 9.84 Å². The van der Waals surface area contributed by atoms with E-state index in [0.29, 0.717) is 23.2 Å². The van der Waals surface area contributed by atoms with Gasteiger partial charge in [0.25, 0.3) is 0 Å². The number of sulfone groups is 1. The summed E-state index contributed by atoms with van der Waals surface area (Å²) in [7, 11) is 0.373. The molecule has 1 aromatic rings. The molecule has 1 aromatic carbocycles. The normalized spacial score (nSPS) is 21.4. The maximum atomic E-state index is 12.4. The first kappa shape index (κ1) is 16.3. The lowest BCUT2D eigenvalue weighted by molar-refractivity contribution is 0.106. The molecule has 1 heterocycles. The van der Waals surface area contributed by atoms with Crippen LogP contribution in [0.15, 0.2) is 29.2 Å². The van der Waals surface area contributed by atoms with E-state index in [4.69, 9.17) is 4.74 Å². The summed E-state index contributed by atoms with van der Waals surface area (Å²) in [5, 5.41) is 0. The van der Waals surface area contributed by atoms with Crippen molar-refractivity contribution in [3.8, 4) is 5.75 Å². The van der Waals surface area contributed by atoms with Gasteiger partial charge in [0.05, 0.1) is 17.8 Å². The van der Waals surface area contributed by atoms with Crippen molar-refractivity contribution in [2.75, 3.05) is 46.1 Å². The highest BCUT2D eigenvalue weighted by Crippen LogP contribution is 2.19. The fourth-order valence-electron chi connectivity index (χ4n) is 2.66. The van der Waals surface area contributed by atoms with Crippen LogP contribution in [-0.4, -0.2) is 70.3 Å². The minimum atomic E-state index is -3.26. The van der Waals surface area contributed by atoms with Crippen molar-refractivity contribution in [2.24, 2.45) is 0 Å². The lowest BCUT2D eigenvalue weighted by Crippen LogP contribution is -2.51. The SMILES string of the molecule is COc1cccc(S(=O)(=O)CCN2CCN(C)C[C@@H]2C)c1. The van der Waals surface area contributed by atoms with Crippen LogP contribution in [0, 0.1) is 0 Å². The van der Waals surface area contributed by atoms with Crippen LogP contribution in [0.2, 0.25) is 0 Å². The third-order valence-corrected chi connectivity index (χ3v) is 5.71. The minimum absolute atomic E-state index is 0.147. The Labute approximate surface area is 127 Å². The van der Waals surface area contributed by atoms with Crippen LogP contribution in [0.4, 0.5) is 0 Å². The van der Waals surface area contributed by atoms with Crippen molar-refractivity contribution in [3.63, 3.8) is 0 Å². The quantitative estimate of drug-likeness (QED) is 0.815. The molecule has 0 unspecified atom stereocenters. The van der Waals surface area contributed by atoms with Crippen LogP contribution in [0.25, 0.3) is 0 Å². The van der Waals surface area contributed by atoms with E-state index in [9.17, 15) is 8.42 Å². The molecule has 0 amide bonds. The van der Waals surface area contributed by atoms with Crippen LogP contribution in [0.1, 0.15) is 6.92 Å². The van der Waals surface area contributed by atoms with Crippen molar-refractivity contribution < 1.29 is 13.2 Å². The van der Waals surface area contributed by atoms with Gasteiger partial charge in [0, 0.05) is 32.2 Å². The van der Waals surface area contributed by atoms with Gasteiger partial charge in [0.1, 0.15) is 5.75 Å². The molecule has 1 aliphatic heterocycles. The molecule has 0 aromatic heterocycles. The van der Waals surface area contributed by atoms with Crippen LogP contribution < -0.4 is 4.74 Å². The number of benzene rings is 1. The molecular formula is C15H24N2O3S. The summed E-state index contributed by atoms with van der Waals surface area (Å²) in [6.45, 7) is 5.62. The molecule has 0 saturated carbocycles. The maximum Gasteiger partial charge on any atom is 0.179 e. The summed E-state index contributed by atoms with van der Waals surface area (Å²) in [5.41, 5.74) is 0. The summed E-state index contributed by atoms with van der Waals surface area (Å²) in [6, 6.07) is 7.07. The molecule has 118 valence electrons. The predicted octanol–water partition coefficient (Wildman–Crippen LogP) is 1.10. The van der Waals surface area contributed by atoms with Gasteiger partial charge >= 0.3 is 0 Å². The molecule has 5 nitrogen and oxygen atoms in total. The third-order valence-electron chi connectivity index (χ3n) is 4.02. The van der Waals surface area contributed by atoms with E-state index in [1.165, 1.54) is 7.11 Å². The molecule has 0 N–H and O–H groups in total. The Morgan fingerprint density at radius 2 is 2.10 bits per heavy atom. The third kappa shape index (κ3) is 4.18. The second kappa shape index (κ2) is 6.77. The fourth-order valence-corrected chi connectivity index (χ4v) is 3.95. The predicted molar refractivity (Wildman–Crippen MR) is 83.6 cm³/mol. The molecule has 6 heteroatoms. The number of ether oxygens (including phenoxy) is 1. The number of piperazine rings is 1. The van der Waals surface area contributed by atoms with Gasteiger partial charge in [-0.05, 0) is 32.2 Å². The smallest absolute Gasteiger partial charge is 0.179 e. The summed E-state index contributed by atoms with van der Waals surface area (Å²) in [4.78, 5) is 4.86. The Morgan fingerprint density at radius 3 is 2.76 bits per heavy atom. The van der Waals surface area contributed by atoms with Gasteiger partial charge in [-0.1, -0.05) is 6.07 Å². The Kier molecular flexibility index (Phi) is 5.24. The zero-order valence-corrected chi connectivity index (χ0v) is 13.8. The van der Waals surface area contributed by atoms with Gasteiger partial charge in [-0.25, -0.2) is 8.42 Å². The van der Waals surface area contributed by atoms with Crippen LogP contribution in [-0.2, 0) is 9.84 Å². The summed E-state index contributed by atoms with van der Waals surface area (Å²) >= 11 is 0. The van der Waals surface area contributed by atoms with E-state index >= 15 is 0 Å². The zero-order valence-electron chi connectivity index (χ0n) is 12.9. The van der Waals surface area contributed by atoms with Crippen molar-refractivity contribution in [1.29, 1.82) is 0 Å². The van der Waals surface area contributed by atoms with E-state index in [1.54, 1.807) is 24.3 Å². The monoisotopic (exact) mass is 312 g/mol. The van der Waals surface area contributed by atoms with Crippen LogP contribution in [0.3, 0.4) is 0 Å². The first-order valence-electron chi connectivity index (χ1n) is 7.22. The number of methoxy groups -OCH3 is 1.